The summed E-state index contributed by atoms with van der Waals surface area (Å²) in [7, 11) is 0. The van der Waals surface area contributed by atoms with Crippen molar-refractivity contribution in [1.29, 1.82) is 0 Å². The lowest BCUT2D eigenvalue weighted by atomic mass is 10.1. The molecule has 0 fully saturated rings. The van der Waals surface area contributed by atoms with Gasteiger partial charge in [-0.2, -0.15) is 0 Å². The van der Waals surface area contributed by atoms with Crippen LogP contribution in [0.1, 0.15) is 41.6 Å². The fourth-order valence-corrected chi connectivity index (χ4v) is 4.08. The van der Waals surface area contributed by atoms with Crippen LogP contribution in [-0.4, -0.2) is 32.3 Å². The molecule has 31 heavy (non-hydrogen) atoms. The summed E-state index contributed by atoms with van der Waals surface area (Å²) in [6, 6.07) is 14.1. The Kier molecular flexibility index (Phi) is 7.70. The molecule has 7 nitrogen and oxygen atoms in total. The molecule has 0 spiro atoms. The topological polar surface area (TPSA) is 88.9 Å². The molecule has 2 amide bonds. The Hall–Kier alpha value is -2.84. The molecule has 0 bridgehead atoms. The van der Waals surface area contributed by atoms with E-state index in [0.717, 1.165) is 5.56 Å². The minimum atomic E-state index is -0.339. The van der Waals surface area contributed by atoms with Gasteiger partial charge in [0.25, 0.3) is 5.91 Å². The van der Waals surface area contributed by atoms with E-state index < -0.39 is 0 Å². The summed E-state index contributed by atoms with van der Waals surface area (Å²) in [5.41, 5.74) is 2.18. The standard InChI is InChI=1S/C22H24ClN5O2S/c1-4-28-20(15(3)24-21(30)18-11-6-5-8-14(18)2)26-27-22(28)31-13-19(29)25-17-10-7-9-16(23)12-17/h5-12,15H,4,13H2,1-3H3,(H,24,30)(H,25,29)/t15-/m1/s1. The van der Waals surface area contributed by atoms with Crippen molar-refractivity contribution in [2.24, 2.45) is 0 Å². The Bertz CT molecular complexity index is 1090. The predicted molar refractivity (Wildman–Crippen MR) is 124 cm³/mol. The van der Waals surface area contributed by atoms with Crippen LogP contribution in [0, 0.1) is 6.92 Å². The molecule has 0 saturated carbocycles. The highest BCUT2D eigenvalue weighted by Crippen LogP contribution is 2.22. The van der Waals surface area contributed by atoms with Gasteiger partial charge in [0.15, 0.2) is 11.0 Å². The van der Waals surface area contributed by atoms with E-state index in [1.165, 1.54) is 11.8 Å². The largest absolute Gasteiger partial charge is 0.342 e. The zero-order valence-corrected chi connectivity index (χ0v) is 19.1. The van der Waals surface area contributed by atoms with Crippen LogP contribution in [0.15, 0.2) is 53.7 Å². The highest BCUT2D eigenvalue weighted by atomic mass is 35.5. The summed E-state index contributed by atoms with van der Waals surface area (Å²) in [5, 5.41) is 15.5. The molecular formula is C22H24ClN5O2S. The number of halogens is 1. The summed E-state index contributed by atoms with van der Waals surface area (Å²) in [6.07, 6.45) is 0. The lowest BCUT2D eigenvalue weighted by Gasteiger charge is -2.16. The molecule has 1 atom stereocenters. The predicted octanol–water partition coefficient (Wildman–Crippen LogP) is 4.48. The molecule has 0 aliphatic carbocycles. The second-order valence-electron chi connectivity index (χ2n) is 6.94. The van der Waals surface area contributed by atoms with Crippen LogP contribution in [0.5, 0.6) is 0 Å². The molecule has 0 saturated heterocycles. The van der Waals surface area contributed by atoms with Crippen molar-refractivity contribution in [1.82, 2.24) is 20.1 Å². The van der Waals surface area contributed by atoms with Gasteiger partial charge in [-0.3, -0.25) is 9.59 Å². The van der Waals surface area contributed by atoms with Crippen LogP contribution < -0.4 is 10.6 Å². The number of aromatic nitrogens is 3. The normalized spacial score (nSPS) is 11.7. The number of hydrogen-bond donors (Lipinski definition) is 2. The van der Waals surface area contributed by atoms with Crippen molar-refractivity contribution >= 4 is 40.9 Å². The van der Waals surface area contributed by atoms with Crippen molar-refractivity contribution in [2.45, 2.75) is 38.5 Å². The summed E-state index contributed by atoms with van der Waals surface area (Å²) in [5.74, 6) is 0.489. The van der Waals surface area contributed by atoms with Crippen LogP contribution >= 0.6 is 23.4 Å². The van der Waals surface area contributed by atoms with E-state index >= 15 is 0 Å². The maximum absolute atomic E-state index is 12.6. The number of anilines is 1. The summed E-state index contributed by atoms with van der Waals surface area (Å²) >= 11 is 7.24. The van der Waals surface area contributed by atoms with Gasteiger partial charge >= 0.3 is 0 Å². The third kappa shape index (κ3) is 5.86. The molecule has 1 heterocycles. The lowest BCUT2D eigenvalue weighted by Crippen LogP contribution is -2.29. The third-order valence-electron chi connectivity index (χ3n) is 4.63. The van der Waals surface area contributed by atoms with E-state index in [9.17, 15) is 9.59 Å². The van der Waals surface area contributed by atoms with Gasteiger partial charge in [0.1, 0.15) is 0 Å². The molecule has 9 heteroatoms. The number of aryl methyl sites for hydroxylation is 1. The first-order chi connectivity index (χ1) is 14.9. The Labute approximate surface area is 190 Å². The number of carbonyl (C=O) groups excluding carboxylic acids is 2. The lowest BCUT2D eigenvalue weighted by molar-refractivity contribution is -0.113. The van der Waals surface area contributed by atoms with E-state index in [1.54, 1.807) is 30.3 Å². The number of nitrogens with zero attached hydrogens (tertiary/aromatic N) is 3. The van der Waals surface area contributed by atoms with Crippen LogP contribution in [0.3, 0.4) is 0 Å². The fraction of sp³-hybridized carbons (Fsp3) is 0.273. The minimum Gasteiger partial charge on any atom is -0.342 e. The molecule has 3 rings (SSSR count). The summed E-state index contributed by atoms with van der Waals surface area (Å²) in [4.78, 5) is 24.9. The van der Waals surface area contributed by atoms with E-state index in [0.29, 0.717) is 33.8 Å². The summed E-state index contributed by atoms with van der Waals surface area (Å²) < 4.78 is 1.90. The molecule has 0 aliphatic heterocycles. The average Bonchev–Trinajstić information content (AvgIpc) is 3.15. The maximum Gasteiger partial charge on any atom is 0.252 e. The first kappa shape index (κ1) is 22.8. The fourth-order valence-electron chi connectivity index (χ4n) is 3.08. The first-order valence-electron chi connectivity index (χ1n) is 9.86. The molecule has 3 aromatic rings. The number of amides is 2. The number of hydrogen-bond acceptors (Lipinski definition) is 5. The van der Waals surface area contributed by atoms with Gasteiger partial charge in [0.05, 0.1) is 11.8 Å². The van der Waals surface area contributed by atoms with Gasteiger partial charge < -0.3 is 15.2 Å². The molecule has 162 valence electrons. The zero-order valence-electron chi connectivity index (χ0n) is 17.6. The van der Waals surface area contributed by atoms with Crippen molar-refractivity contribution in [3.8, 4) is 0 Å². The Balaban J connectivity index is 1.63. The zero-order chi connectivity index (χ0) is 22.4. The van der Waals surface area contributed by atoms with Crippen LogP contribution in [0.4, 0.5) is 5.69 Å². The SMILES string of the molecule is CCn1c(SCC(=O)Nc2cccc(Cl)c2)nnc1[C@@H](C)NC(=O)c1ccccc1C. The molecule has 0 unspecified atom stereocenters. The highest BCUT2D eigenvalue weighted by molar-refractivity contribution is 7.99. The quantitative estimate of drug-likeness (QED) is 0.487. The highest BCUT2D eigenvalue weighted by Gasteiger charge is 2.20. The van der Waals surface area contributed by atoms with Crippen LogP contribution in [0.25, 0.3) is 0 Å². The van der Waals surface area contributed by atoms with Crippen LogP contribution in [0.2, 0.25) is 5.02 Å². The molecule has 2 N–H and O–H groups in total. The van der Waals surface area contributed by atoms with Crippen molar-refractivity contribution in [3.05, 3.63) is 70.5 Å². The monoisotopic (exact) mass is 457 g/mol. The van der Waals surface area contributed by atoms with E-state index in [1.807, 2.05) is 43.5 Å². The van der Waals surface area contributed by atoms with Crippen LogP contribution in [-0.2, 0) is 11.3 Å². The Morgan fingerprint density at radius 1 is 1.16 bits per heavy atom. The number of benzene rings is 2. The van der Waals surface area contributed by atoms with Gasteiger partial charge in [0, 0.05) is 22.8 Å². The van der Waals surface area contributed by atoms with E-state index in [4.69, 9.17) is 11.6 Å². The van der Waals surface area contributed by atoms with E-state index in [-0.39, 0.29) is 23.6 Å². The van der Waals surface area contributed by atoms with E-state index in [2.05, 4.69) is 20.8 Å². The molecular weight excluding hydrogens is 434 g/mol. The average molecular weight is 458 g/mol. The molecule has 0 radical (unpaired) electrons. The van der Waals surface area contributed by atoms with Gasteiger partial charge in [-0.1, -0.05) is 47.6 Å². The van der Waals surface area contributed by atoms with Gasteiger partial charge in [-0.15, -0.1) is 10.2 Å². The molecule has 0 aliphatic rings. The van der Waals surface area contributed by atoms with Gasteiger partial charge in [0.2, 0.25) is 5.91 Å². The summed E-state index contributed by atoms with van der Waals surface area (Å²) in [6.45, 7) is 6.36. The smallest absolute Gasteiger partial charge is 0.252 e. The Morgan fingerprint density at radius 3 is 2.65 bits per heavy atom. The Morgan fingerprint density at radius 2 is 1.94 bits per heavy atom. The third-order valence-corrected chi connectivity index (χ3v) is 5.83. The maximum atomic E-state index is 12.6. The van der Waals surface area contributed by atoms with Crippen molar-refractivity contribution < 1.29 is 9.59 Å². The number of carbonyl (C=O) groups is 2. The minimum absolute atomic E-state index is 0.161. The number of nitrogens with one attached hydrogen (secondary N) is 2. The molecule has 2 aromatic carbocycles. The molecule has 1 aromatic heterocycles. The van der Waals surface area contributed by atoms with Gasteiger partial charge in [-0.05, 0) is 50.6 Å². The van der Waals surface area contributed by atoms with Gasteiger partial charge in [-0.25, -0.2) is 0 Å². The second kappa shape index (κ2) is 10.5. The van der Waals surface area contributed by atoms with Crippen molar-refractivity contribution in [2.75, 3.05) is 11.1 Å². The second-order valence-corrected chi connectivity index (χ2v) is 8.32. The first-order valence-corrected chi connectivity index (χ1v) is 11.2. The number of thioether (sulfide) groups is 1. The number of rotatable bonds is 8. The van der Waals surface area contributed by atoms with Crippen molar-refractivity contribution in [3.63, 3.8) is 0 Å².